The molecule has 3 rings (SSSR count). The molecule has 0 fully saturated rings. The number of pyridine rings is 1. The molecule has 0 unspecified atom stereocenters. The highest BCUT2D eigenvalue weighted by molar-refractivity contribution is 6.17. The van der Waals surface area contributed by atoms with Gasteiger partial charge in [0.15, 0.2) is 5.65 Å². The lowest BCUT2D eigenvalue weighted by molar-refractivity contribution is 0.340. The molecule has 0 aliphatic rings. The van der Waals surface area contributed by atoms with Crippen molar-refractivity contribution in [1.29, 1.82) is 0 Å². The van der Waals surface area contributed by atoms with Gasteiger partial charge in [-0.1, -0.05) is 6.07 Å². The lowest BCUT2D eigenvalue weighted by Gasteiger charge is -2.09. The number of aromatic nitrogens is 3. The van der Waals surface area contributed by atoms with E-state index in [-0.39, 0.29) is 0 Å². The van der Waals surface area contributed by atoms with Gasteiger partial charge < -0.3 is 4.74 Å². The third-order valence-corrected chi connectivity index (χ3v) is 3.56. The lowest BCUT2D eigenvalue weighted by atomic mass is 10.2. The molecule has 0 aliphatic carbocycles. The van der Waals surface area contributed by atoms with Gasteiger partial charge in [0, 0.05) is 12.3 Å². The average molecular weight is 302 g/mol. The maximum atomic E-state index is 6.06. The first kappa shape index (κ1) is 13.9. The van der Waals surface area contributed by atoms with Gasteiger partial charge in [-0.3, -0.25) is 4.57 Å². The Hall–Kier alpha value is -2.07. The van der Waals surface area contributed by atoms with E-state index < -0.39 is 0 Å². The van der Waals surface area contributed by atoms with Gasteiger partial charge in [0.05, 0.1) is 18.2 Å². The summed E-state index contributed by atoms with van der Waals surface area (Å²) in [6, 6.07) is 9.83. The van der Waals surface area contributed by atoms with Crippen molar-refractivity contribution in [2.24, 2.45) is 0 Å². The van der Waals surface area contributed by atoms with Crippen LogP contribution in [-0.4, -0.2) is 21.1 Å². The van der Waals surface area contributed by atoms with Gasteiger partial charge in [0.2, 0.25) is 0 Å². The smallest absolute Gasteiger partial charge is 0.164 e. The Balaban J connectivity index is 2.23. The number of halogens is 1. The van der Waals surface area contributed by atoms with Crippen LogP contribution in [-0.2, 0) is 5.88 Å². The Bertz CT molecular complexity index is 782. The molecule has 0 saturated carbocycles. The number of hydrogen-bond donors (Lipinski definition) is 0. The van der Waals surface area contributed by atoms with E-state index in [1.165, 1.54) is 0 Å². The first-order valence-corrected chi connectivity index (χ1v) is 7.40. The second kappa shape index (κ2) is 5.74. The van der Waals surface area contributed by atoms with Gasteiger partial charge in [0.1, 0.15) is 17.1 Å². The molecule has 0 N–H and O–H groups in total. The van der Waals surface area contributed by atoms with E-state index in [1.54, 1.807) is 6.20 Å². The topological polar surface area (TPSA) is 39.9 Å². The van der Waals surface area contributed by atoms with E-state index in [0.717, 1.165) is 34.0 Å². The Morgan fingerprint density at radius 1 is 1.29 bits per heavy atom. The third-order valence-electron chi connectivity index (χ3n) is 3.32. The maximum Gasteiger partial charge on any atom is 0.164 e. The molecule has 4 nitrogen and oxygen atoms in total. The third kappa shape index (κ3) is 2.47. The largest absolute Gasteiger partial charge is 0.494 e. The molecule has 0 aliphatic heterocycles. The summed E-state index contributed by atoms with van der Waals surface area (Å²) < 4.78 is 7.55. The number of nitrogens with zero attached hydrogens (tertiary/aromatic N) is 3. The second-order valence-corrected chi connectivity index (χ2v) is 4.99. The van der Waals surface area contributed by atoms with Crippen LogP contribution in [0, 0.1) is 6.92 Å². The highest BCUT2D eigenvalue weighted by Gasteiger charge is 2.14. The summed E-state index contributed by atoms with van der Waals surface area (Å²) in [6.45, 7) is 4.62. The Morgan fingerprint density at radius 3 is 2.90 bits per heavy atom. The van der Waals surface area contributed by atoms with E-state index in [9.17, 15) is 0 Å². The standard InChI is InChI=1S/C16H16ClN3O/c1-3-21-13-6-4-5-12(9-13)20-14(10-17)19-15-11(2)7-8-18-16(15)20/h4-9H,3,10H2,1-2H3. The fraction of sp³-hybridized carbons (Fsp3) is 0.250. The summed E-state index contributed by atoms with van der Waals surface area (Å²) in [6.07, 6.45) is 1.79. The van der Waals surface area contributed by atoms with Crippen molar-refractivity contribution >= 4 is 22.8 Å². The summed E-state index contributed by atoms with van der Waals surface area (Å²) in [4.78, 5) is 9.07. The number of benzene rings is 1. The van der Waals surface area contributed by atoms with Crippen molar-refractivity contribution in [3.8, 4) is 11.4 Å². The van der Waals surface area contributed by atoms with Crippen molar-refractivity contribution < 1.29 is 4.74 Å². The van der Waals surface area contributed by atoms with Crippen molar-refractivity contribution in [3.05, 3.63) is 47.9 Å². The predicted octanol–water partition coefficient (Wildman–Crippen LogP) is 3.87. The quantitative estimate of drug-likeness (QED) is 0.687. The average Bonchev–Trinajstić information content (AvgIpc) is 2.88. The Kier molecular flexibility index (Phi) is 3.80. The number of alkyl halides is 1. The van der Waals surface area contributed by atoms with Crippen LogP contribution < -0.4 is 4.74 Å². The maximum absolute atomic E-state index is 6.06. The molecule has 0 radical (unpaired) electrons. The summed E-state index contributed by atoms with van der Waals surface area (Å²) in [5, 5.41) is 0. The molecule has 0 amide bonds. The van der Waals surface area contributed by atoms with E-state index in [0.29, 0.717) is 12.5 Å². The highest BCUT2D eigenvalue weighted by Crippen LogP contribution is 2.25. The van der Waals surface area contributed by atoms with Crippen molar-refractivity contribution in [2.45, 2.75) is 19.7 Å². The lowest BCUT2D eigenvalue weighted by Crippen LogP contribution is -2.01. The number of fused-ring (bicyclic) bond motifs is 1. The van der Waals surface area contributed by atoms with Crippen LogP contribution in [0.25, 0.3) is 16.9 Å². The number of ether oxygens (including phenoxy) is 1. The molecule has 0 atom stereocenters. The SMILES string of the molecule is CCOc1cccc(-n2c(CCl)nc3c(C)ccnc32)c1. The number of imidazole rings is 1. The monoisotopic (exact) mass is 301 g/mol. The molecule has 3 aromatic rings. The zero-order chi connectivity index (χ0) is 14.8. The normalized spacial score (nSPS) is 11.0. The van der Waals surface area contributed by atoms with E-state index in [1.807, 2.05) is 48.7 Å². The fourth-order valence-corrected chi connectivity index (χ4v) is 2.56. The first-order valence-electron chi connectivity index (χ1n) is 6.86. The molecule has 2 aromatic heterocycles. The summed E-state index contributed by atoms with van der Waals surface area (Å²) in [5.41, 5.74) is 3.75. The zero-order valence-corrected chi connectivity index (χ0v) is 12.8. The molecule has 0 bridgehead atoms. The first-order chi connectivity index (χ1) is 10.2. The Morgan fingerprint density at radius 2 is 2.14 bits per heavy atom. The second-order valence-electron chi connectivity index (χ2n) is 4.73. The molecule has 5 heteroatoms. The molecule has 0 saturated heterocycles. The van der Waals surface area contributed by atoms with Gasteiger partial charge in [-0.05, 0) is 37.6 Å². The van der Waals surface area contributed by atoms with Crippen LogP contribution in [0.3, 0.4) is 0 Å². The fourth-order valence-electron chi connectivity index (χ4n) is 2.38. The Labute approximate surface area is 128 Å². The number of hydrogen-bond acceptors (Lipinski definition) is 3. The molecule has 21 heavy (non-hydrogen) atoms. The molecular formula is C16H16ClN3O. The van der Waals surface area contributed by atoms with E-state index >= 15 is 0 Å². The minimum absolute atomic E-state index is 0.328. The van der Waals surface area contributed by atoms with E-state index in [2.05, 4.69) is 9.97 Å². The van der Waals surface area contributed by atoms with Crippen LogP contribution in [0.2, 0.25) is 0 Å². The van der Waals surface area contributed by atoms with Gasteiger partial charge in [0.25, 0.3) is 0 Å². The molecule has 0 spiro atoms. The molecule has 108 valence electrons. The minimum Gasteiger partial charge on any atom is -0.494 e. The van der Waals surface area contributed by atoms with E-state index in [4.69, 9.17) is 16.3 Å². The van der Waals surface area contributed by atoms with Gasteiger partial charge in [-0.2, -0.15) is 0 Å². The van der Waals surface area contributed by atoms with Crippen LogP contribution in [0.4, 0.5) is 0 Å². The highest BCUT2D eigenvalue weighted by atomic mass is 35.5. The van der Waals surface area contributed by atoms with Gasteiger partial charge in [-0.15, -0.1) is 11.6 Å². The minimum atomic E-state index is 0.328. The van der Waals surface area contributed by atoms with Crippen molar-refractivity contribution in [3.63, 3.8) is 0 Å². The zero-order valence-electron chi connectivity index (χ0n) is 12.0. The molecule has 2 heterocycles. The summed E-state index contributed by atoms with van der Waals surface area (Å²) in [5.74, 6) is 1.93. The van der Waals surface area contributed by atoms with Crippen LogP contribution in [0.15, 0.2) is 36.5 Å². The van der Waals surface area contributed by atoms with Crippen molar-refractivity contribution in [1.82, 2.24) is 14.5 Å². The van der Waals surface area contributed by atoms with Gasteiger partial charge >= 0.3 is 0 Å². The van der Waals surface area contributed by atoms with Crippen LogP contribution in [0.1, 0.15) is 18.3 Å². The molecular weight excluding hydrogens is 286 g/mol. The molecule has 1 aromatic carbocycles. The number of aryl methyl sites for hydroxylation is 1. The van der Waals surface area contributed by atoms with Crippen molar-refractivity contribution in [2.75, 3.05) is 6.61 Å². The summed E-state index contributed by atoms with van der Waals surface area (Å²) in [7, 11) is 0. The van der Waals surface area contributed by atoms with Gasteiger partial charge in [-0.25, -0.2) is 9.97 Å². The summed E-state index contributed by atoms with van der Waals surface area (Å²) >= 11 is 6.06. The predicted molar refractivity (Wildman–Crippen MR) is 84.3 cm³/mol. The number of rotatable bonds is 4. The van der Waals surface area contributed by atoms with Crippen LogP contribution >= 0.6 is 11.6 Å². The van der Waals surface area contributed by atoms with Crippen LogP contribution in [0.5, 0.6) is 5.75 Å².